The Bertz CT molecular complexity index is 10200. The van der Waals surface area contributed by atoms with Gasteiger partial charge in [-0.2, -0.15) is 19.9 Å². The molecule has 0 saturated heterocycles. The van der Waals surface area contributed by atoms with Crippen LogP contribution in [0.4, 0.5) is 0 Å². The third-order valence-corrected chi connectivity index (χ3v) is 28.4. The summed E-state index contributed by atoms with van der Waals surface area (Å²) < 4.78 is 23.0. The van der Waals surface area contributed by atoms with E-state index >= 15 is 0 Å². The Hall–Kier alpha value is -19.4. The van der Waals surface area contributed by atoms with Gasteiger partial charge in [-0.15, -0.1) is 0 Å². The maximum Gasteiger partial charge on any atom is 0.238 e. The molecule has 0 unspecified atom stereocenters. The van der Waals surface area contributed by atoms with Gasteiger partial charge in [0.05, 0.1) is 55.3 Å². The maximum atomic E-state index is 6.84. The van der Waals surface area contributed by atoms with Gasteiger partial charge in [0, 0.05) is 76.7 Å². The van der Waals surface area contributed by atoms with Crippen molar-refractivity contribution in [3.8, 4) is 147 Å². The van der Waals surface area contributed by atoms with E-state index in [9.17, 15) is 0 Å². The molecule has 0 spiro atoms. The molecule has 8 heterocycles. The van der Waals surface area contributed by atoms with Crippen LogP contribution in [-0.2, 0) is 0 Å². The predicted octanol–water partition coefficient (Wildman–Crippen LogP) is 32.5. The number of fused-ring (bicyclic) bond motifs is 19. The molecular weight excluding hydrogens is 1740 g/mol. The van der Waals surface area contributed by atoms with Crippen molar-refractivity contribution in [3.63, 3.8) is 0 Å². The Labute approximate surface area is 811 Å². The third kappa shape index (κ3) is 12.7. The lowest BCUT2D eigenvalue weighted by Gasteiger charge is -2.18. The van der Waals surface area contributed by atoms with Gasteiger partial charge >= 0.3 is 0 Å². The van der Waals surface area contributed by atoms with Gasteiger partial charge in [-0.1, -0.05) is 358 Å². The number of rotatable bonds is 15. The van der Waals surface area contributed by atoms with Crippen LogP contribution >= 0.6 is 0 Å². The first-order valence-electron chi connectivity index (χ1n) is 47.8. The number of nitrogens with zero attached hydrogens (tertiary/aromatic N) is 12. The highest BCUT2D eigenvalue weighted by molar-refractivity contribution is 6.27. The zero-order chi connectivity index (χ0) is 93.1. The van der Waals surface area contributed by atoms with E-state index in [1.54, 1.807) is 0 Å². The van der Waals surface area contributed by atoms with E-state index in [2.05, 4.69) is 382 Å². The molecule has 14 heteroatoms. The molecule has 29 aromatic rings. The quantitative estimate of drug-likeness (QED) is 0.0908. The highest BCUT2D eigenvalue weighted by atomic mass is 16.4. The molecule has 29 rings (SSSR count). The summed E-state index contributed by atoms with van der Waals surface area (Å²) in [6, 6.07) is 163. The van der Waals surface area contributed by atoms with Gasteiger partial charge < -0.3 is 18.0 Å². The molecule has 0 atom stereocenters. The van der Waals surface area contributed by atoms with Gasteiger partial charge in [0.2, 0.25) is 23.7 Å². The van der Waals surface area contributed by atoms with Gasteiger partial charge in [0.15, 0.2) is 34.5 Å². The first-order valence-corrected chi connectivity index (χ1v) is 47.8. The standard InChI is InChI=1S/C128H76N12O2/c1-6-31-78(32-7-1)90-52-27-37-79-38-28-53-91(112(79)90)86-39-26-40-87(75-86)122-132-124(105-55-30-57-107-120(105)142-126(130-107)84-35-10-3-11-36-84)136-128(134-122)140-110-60-25-22-47-94(110)102-73-74-103-95-70-69-85(76-111(95)138(116(103)118(102)140)89-43-14-5-15-44-89)77-61-63-80(64-62-77)113-96-48-16-18-50-98(96)114(99-51-19-17-49-97(99)113)81-65-67-82(68-66-81)121-131-123(104-54-29-56-106-119(104)141-125(129-106)83-33-8-2-9-34-83)135-127(133-121)139-109-59-24-21-46-93(109)101-72-71-100-92-45-20-23-58-108(92)137(115(100)117(101)139)88-41-12-4-13-42-88/h1-76H. The summed E-state index contributed by atoms with van der Waals surface area (Å²) in [4.78, 5) is 43.7. The fourth-order valence-corrected chi connectivity index (χ4v) is 22.1. The molecular formula is C128H76N12O2. The van der Waals surface area contributed by atoms with Gasteiger partial charge in [0.25, 0.3) is 0 Å². The van der Waals surface area contributed by atoms with Crippen molar-refractivity contribution in [2.75, 3.05) is 0 Å². The maximum absolute atomic E-state index is 6.84. The number of hydrogen-bond donors (Lipinski definition) is 0. The summed E-state index contributed by atoms with van der Waals surface area (Å²) >= 11 is 0. The topological polar surface area (TPSA) is 149 Å². The molecule has 0 fully saturated rings. The number of aromatic nitrogens is 12. The first-order chi connectivity index (χ1) is 70.4. The second-order valence-corrected chi connectivity index (χ2v) is 36.3. The fraction of sp³-hybridized carbons (Fsp3) is 0. The number of para-hydroxylation sites is 7. The van der Waals surface area contributed by atoms with Crippen LogP contribution in [0.15, 0.2) is 470 Å². The summed E-state index contributed by atoms with van der Waals surface area (Å²) in [6.07, 6.45) is 0. The molecule has 660 valence electrons. The van der Waals surface area contributed by atoms with E-state index in [0.717, 1.165) is 203 Å². The second kappa shape index (κ2) is 32.1. The molecule has 0 amide bonds. The summed E-state index contributed by atoms with van der Waals surface area (Å²) in [5.74, 6) is 3.78. The van der Waals surface area contributed by atoms with Gasteiger partial charge in [0.1, 0.15) is 11.0 Å². The SMILES string of the molecule is c1ccc(-c2nc3cccc(-c4nc(-c5ccc(-c6c7ccccc7c(-c7ccc(-c8ccc9c%10ccc%11c%12ccccc%12n(-c%12nc(-c%13cccc(-c%14cccc%15cccc(-c%16ccccc%16)c%14%15)c%13)nc(-c%13cccc%14nc(-c%15ccccc%15)oc%13%14)n%12)c%11c%10n(-c%10ccccc%10)c9c8)cc7)c7ccccc67)cc5)nc(-n5c6ccccc6c6ccc7c8ccccc8n(-c8ccccc8)c7c65)n4)c3o2)cc1. The van der Waals surface area contributed by atoms with E-state index in [4.69, 9.17) is 48.7 Å². The molecule has 8 aromatic heterocycles. The van der Waals surface area contributed by atoms with E-state index in [1.165, 1.54) is 5.39 Å². The second-order valence-electron chi connectivity index (χ2n) is 36.3. The lowest BCUT2D eigenvalue weighted by Crippen LogP contribution is -2.07. The number of hydrogen-bond acceptors (Lipinski definition) is 10. The minimum Gasteiger partial charge on any atom is -0.435 e. The normalized spacial score (nSPS) is 11.9. The van der Waals surface area contributed by atoms with E-state index in [0.29, 0.717) is 80.3 Å². The van der Waals surface area contributed by atoms with Crippen molar-refractivity contribution < 1.29 is 8.83 Å². The Balaban J connectivity index is 0.563. The Morgan fingerprint density at radius 2 is 0.500 bits per heavy atom. The van der Waals surface area contributed by atoms with E-state index in [1.807, 2.05) is 97.1 Å². The molecule has 142 heavy (non-hydrogen) atoms. The van der Waals surface area contributed by atoms with Crippen molar-refractivity contribution in [2.45, 2.75) is 0 Å². The zero-order valence-electron chi connectivity index (χ0n) is 76.1. The summed E-state index contributed by atoms with van der Waals surface area (Å²) in [5, 5.41) is 15.5. The Morgan fingerprint density at radius 3 is 0.972 bits per heavy atom. The minimum absolute atomic E-state index is 0.436. The zero-order valence-corrected chi connectivity index (χ0v) is 76.1. The van der Waals surface area contributed by atoms with E-state index < -0.39 is 0 Å². The predicted molar refractivity (Wildman–Crippen MR) is 578 cm³/mol. The van der Waals surface area contributed by atoms with Crippen LogP contribution in [0.5, 0.6) is 0 Å². The third-order valence-electron chi connectivity index (χ3n) is 28.4. The van der Waals surface area contributed by atoms with Crippen LogP contribution in [-0.4, -0.2) is 58.1 Å². The summed E-state index contributed by atoms with van der Waals surface area (Å²) in [5.41, 5.74) is 28.3. The van der Waals surface area contributed by atoms with Crippen molar-refractivity contribution >= 4 is 142 Å². The summed E-state index contributed by atoms with van der Waals surface area (Å²) in [6.45, 7) is 0. The lowest BCUT2D eigenvalue weighted by molar-refractivity contribution is 0.620. The van der Waals surface area contributed by atoms with Crippen LogP contribution in [0.1, 0.15) is 0 Å². The number of oxazole rings is 2. The number of benzene rings is 21. The molecule has 0 aliphatic carbocycles. The Morgan fingerprint density at radius 1 is 0.176 bits per heavy atom. The monoisotopic (exact) mass is 1810 g/mol. The van der Waals surface area contributed by atoms with Gasteiger partial charge in [-0.25, -0.2) is 19.9 Å². The average molecular weight is 1810 g/mol. The van der Waals surface area contributed by atoms with Crippen LogP contribution in [0.25, 0.3) is 289 Å². The van der Waals surface area contributed by atoms with Crippen LogP contribution in [0.3, 0.4) is 0 Å². The van der Waals surface area contributed by atoms with Crippen molar-refractivity contribution in [1.82, 2.24) is 58.1 Å². The average Bonchev–Trinajstić information content (AvgIpc) is 1.53. The van der Waals surface area contributed by atoms with Gasteiger partial charge in [-0.05, 0) is 191 Å². The van der Waals surface area contributed by atoms with Crippen LogP contribution in [0.2, 0.25) is 0 Å². The molecule has 0 N–H and O–H groups in total. The highest BCUT2D eigenvalue weighted by Gasteiger charge is 2.30. The molecule has 14 nitrogen and oxygen atoms in total. The Kier molecular flexibility index (Phi) is 18.1. The molecule has 0 bridgehead atoms. The van der Waals surface area contributed by atoms with Crippen molar-refractivity contribution in [2.24, 2.45) is 0 Å². The van der Waals surface area contributed by atoms with Crippen molar-refractivity contribution in [3.05, 3.63) is 461 Å². The van der Waals surface area contributed by atoms with Crippen LogP contribution in [0, 0.1) is 0 Å². The van der Waals surface area contributed by atoms with Crippen LogP contribution < -0.4 is 0 Å². The minimum atomic E-state index is 0.436. The molecule has 0 saturated carbocycles. The first kappa shape index (κ1) is 79.9. The lowest BCUT2D eigenvalue weighted by atomic mass is 9.85. The highest BCUT2D eigenvalue weighted by Crippen LogP contribution is 2.50. The fourth-order valence-electron chi connectivity index (χ4n) is 22.1. The smallest absolute Gasteiger partial charge is 0.238 e. The molecule has 0 aliphatic heterocycles. The van der Waals surface area contributed by atoms with Gasteiger partial charge in [-0.3, -0.25) is 9.13 Å². The molecule has 0 radical (unpaired) electrons. The molecule has 0 aliphatic rings. The largest absolute Gasteiger partial charge is 0.435 e. The summed E-state index contributed by atoms with van der Waals surface area (Å²) in [7, 11) is 0. The van der Waals surface area contributed by atoms with E-state index in [-0.39, 0.29) is 0 Å². The van der Waals surface area contributed by atoms with Crippen molar-refractivity contribution in [1.29, 1.82) is 0 Å². The molecule has 21 aromatic carbocycles.